The summed E-state index contributed by atoms with van der Waals surface area (Å²) in [4.78, 5) is 0.323. The van der Waals surface area contributed by atoms with Gasteiger partial charge in [0.25, 0.3) is 0 Å². The molecule has 2 rings (SSSR count). The minimum absolute atomic E-state index is 0.323. The van der Waals surface area contributed by atoms with Crippen LogP contribution in [0.4, 0.5) is 5.69 Å². The normalized spacial score (nSPS) is 16.4. The molecule has 0 saturated heterocycles. The number of nitrogens with one attached hydrogen (secondary N) is 2. The summed E-state index contributed by atoms with van der Waals surface area (Å²) in [5.74, 6) is 0.809. The van der Waals surface area contributed by atoms with E-state index in [1.807, 2.05) is 6.07 Å². The van der Waals surface area contributed by atoms with Crippen molar-refractivity contribution in [2.45, 2.75) is 43.4 Å². The van der Waals surface area contributed by atoms with Crippen molar-refractivity contribution >= 4 is 15.7 Å². The molecule has 0 bridgehead atoms. The zero-order valence-corrected chi connectivity index (χ0v) is 12.9. The second-order valence-electron chi connectivity index (χ2n) is 5.44. The lowest BCUT2D eigenvalue weighted by Gasteiger charge is -2.12. The molecule has 1 aliphatic carbocycles. The third-order valence-corrected chi connectivity index (χ3v) is 5.52. The quantitative estimate of drug-likeness (QED) is 0.761. The average Bonchev–Trinajstić information content (AvgIpc) is 2.97. The summed E-state index contributed by atoms with van der Waals surface area (Å²) in [6, 6.07) is 6.97. The van der Waals surface area contributed by atoms with E-state index in [9.17, 15) is 8.42 Å². The van der Waals surface area contributed by atoms with E-state index in [1.54, 1.807) is 25.2 Å². The van der Waals surface area contributed by atoms with Crippen LogP contribution in [0.15, 0.2) is 29.2 Å². The van der Waals surface area contributed by atoms with Crippen LogP contribution >= 0.6 is 0 Å². The van der Waals surface area contributed by atoms with Gasteiger partial charge < -0.3 is 5.32 Å². The number of sulfonamides is 1. The molecular formula is C15H24N2O2S. The summed E-state index contributed by atoms with van der Waals surface area (Å²) in [5.41, 5.74) is 0.635. The Morgan fingerprint density at radius 3 is 2.60 bits per heavy atom. The van der Waals surface area contributed by atoms with Gasteiger partial charge in [0.1, 0.15) is 4.90 Å². The van der Waals surface area contributed by atoms with Crippen LogP contribution in [0, 0.1) is 5.92 Å². The van der Waals surface area contributed by atoms with Crippen molar-refractivity contribution in [2.24, 2.45) is 5.92 Å². The minimum Gasteiger partial charge on any atom is -0.387 e. The highest BCUT2D eigenvalue weighted by molar-refractivity contribution is 7.89. The average molecular weight is 296 g/mol. The number of para-hydroxylation sites is 1. The first-order valence-corrected chi connectivity index (χ1v) is 8.88. The molecule has 20 heavy (non-hydrogen) atoms. The minimum atomic E-state index is -3.41. The maximum atomic E-state index is 12.3. The van der Waals surface area contributed by atoms with Crippen LogP contribution in [0.1, 0.15) is 38.5 Å². The number of hydrogen-bond donors (Lipinski definition) is 2. The van der Waals surface area contributed by atoms with Crippen molar-refractivity contribution in [1.29, 1.82) is 0 Å². The van der Waals surface area contributed by atoms with E-state index in [1.165, 1.54) is 25.7 Å². The molecule has 1 aromatic carbocycles. The first-order chi connectivity index (χ1) is 9.63. The molecule has 112 valence electrons. The van der Waals surface area contributed by atoms with Crippen LogP contribution in [0.25, 0.3) is 0 Å². The fraction of sp³-hybridized carbons (Fsp3) is 0.600. The maximum Gasteiger partial charge on any atom is 0.242 e. The summed E-state index contributed by atoms with van der Waals surface area (Å²) in [7, 11) is -1.68. The molecule has 0 amide bonds. The summed E-state index contributed by atoms with van der Waals surface area (Å²) >= 11 is 0. The molecule has 0 heterocycles. The highest BCUT2D eigenvalue weighted by Crippen LogP contribution is 2.28. The van der Waals surface area contributed by atoms with Crippen molar-refractivity contribution in [1.82, 2.24) is 4.72 Å². The van der Waals surface area contributed by atoms with Gasteiger partial charge in [-0.15, -0.1) is 0 Å². The van der Waals surface area contributed by atoms with E-state index in [0.29, 0.717) is 17.1 Å². The van der Waals surface area contributed by atoms with Crippen molar-refractivity contribution < 1.29 is 8.42 Å². The first-order valence-electron chi connectivity index (χ1n) is 7.40. The fourth-order valence-electron chi connectivity index (χ4n) is 2.88. The Morgan fingerprint density at radius 2 is 1.90 bits per heavy atom. The predicted molar refractivity (Wildman–Crippen MR) is 82.4 cm³/mol. The lowest BCUT2D eigenvalue weighted by atomic mass is 10.0. The number of hydrogen-bond acceptors (Lipinski definition) is 3. The Labute approximate surface area is 122 Å². The zero-order valence-electron chi connectivity index (χ0n) is 12.1. The SMILES string of the molecule is CNc1ccccc1S(=O)(=O)NCCCC1CCCC1. The van der Waals surface area contributed by atoms with Gasteiger partial charge in [-0.05, 0) is 30.9 Å². The van der Waals surface area contributed by atoms with Gasteiger partial charge in [0.15, 0.2) is 0 Å². The molecule has 0 aromatic heterocycles. The molecule has 1 saturated carbocycles. The lowest BCUT2D eigenvalue weighted by Crippen LogP contribution is -2.25. The van der Waals surface area contributed by atoms with Gasteiger partial charge in [-0.2, -0.15) is 0 Å². The Morgan fingerprint density at radius 1 is 1.20 bits per heavy atom. The van der Waals surface area contributed by atoms with Crippen molar-refractivity contribution in [3.8, 4) is 0 Å². The van der Waals surface area contributed by atoms with Crippen LogP contribution in [0.3, 0.4) is 0 Å². The van der Waals surface area contributed by atoms with Crippen LogP contribution in [0.5, 0.6) is 0 Å². The van der Waals surface area contributed by atoms with Crippen LogP contribution < -0.4 is 10.0 Å². The van der Waals surface area contributed by atoms with Gasteiger partial charge >= 0.3 is 0 Å². The topological polar surface area (TPSA) is 58.2 Å². The van der Waals surface area contributed by atoms with Crippen molar-refractivity contribution in [3.05, 3.63) is 24.3 Å². The second-order valence-corrected chi connectivity index (χ2v) is 7.17. The molecule has 0 aliphatic heterocycles. The third-order valence-electron chi connectivity index (χ3n) is 4.00. The largest absolute Gasteiger partial charge is 0.387 e. The molecule has 5 heteroatoms. The smallest absolute Gasteiger partial charge is 0.242 e. The van der Waals surface area contributed by atoms with E-state index in [-0.39, 0.29) is 0 Å². The maximum absolute atomic E-state index is 12.3. The summed E-state index contributed by atoms with van der Waals surface area (Å²) < 4.78 is 27.2. The summed E-state index contributed by atoms with van der Waals surface area (Å²) in [5, 5.41) is 2.92. The van der Waals surface area contributed by atoms with Crippen molar-refractivity contribution in [2.75, 3.05) is 18.9 Å². The zero-order chi connectivity index (χ0) is 14.4. The van der Waals surface area contributed by atoms with Gasteiger partial charge in [0.05, 0.1) is 5.69 Å². The van der Waals surface area contributed by atoms with E-state index in [4.69, 9.17) is 0 Å². The van der Waals surface area contributed by atoms with E-state index >= 15 is 0 Å². The lowest BCUT2D eigenvalue weighted by molar-refractivity contribution is 0.480. The molecule has 0 spiro atoms. The van der Waals surface area contributed by atoms with Gasteiger partial charge in [0, 0.05) is 13.6 Å². The van der Waals surface area contributed by atoms with E-state index < -0.39 is 10.0 Å². The Hall–Kier alpha value is -1.07. The predicted octanol–water partition coefficient (Wildman–Crippen LogP) is 2.98. The highest BCUT2D eigenvalue weighted by atomic mass is 32.2. The monoisotopic (exact) mass is 296 g/mol. The third kappa shape index (κ3) is 3.96. The number of rotatable bonds is 7. The second kappa shape index (κ2) is 7.09. The summed E-state index contributed by atoms with van der Waals surface area (Å²) in [6.07, 6.45) is 7.37. The van der Waals surface area contributed by atoms with Crippen molar-refractivity contribution in [3.63, 3.8) is 0 Å². The highest BCUT2D eigenvalue weighted by Gasteiger charge is 2.18. The van der Waals surface area contributed by atoms with Gasteiger partial charge in [-0.3, -0.25) is 0 Å². The van der Waals surface area contributed by atoms with Gasteiger partial charge in [-0.25, -0.2) is 13.1 Å². The molecular weight excluding hydrogens is 272 g/mol. The van der Waals surface area contributed by atoms with Crippen LogP contribution in [-0.2, 0) is 10.0 Å². The molecule has 0 unspecified atom stereocenters. The summed E-state index contributed by atoms with van der Waals surface area (Å²) in [6.45, 7) is 0.525. The molecule has 1 fully saturated rings. The molecule has 1 aliphatic rings. The van der Waals surface area contributed by atoms with E-state index in [2.05, 4.69) is 10.0 Å². The van der Waals surface area contributed by atoms with Crippen LogP contribution in [-0.4, -0.2) is 22.0 Å². The number of anilines is 1. The Bertz CT molecular complexity index is 522. The van der Waals surface area contributed by atoms with E-state index in [0.717, 1.165) is 18.8 Å². The molecule has 0 atom stereocenters. The molecule has 2 N–H and O–H groups in total. The Balaban J connectivity index is 1.87. The first kappa shape index (κ1) is 15.3. The van der Waals surface area contributed by atoms with Crippen LogP contribution in [0.2, 0.25) is 0 Å². The molecule has 1 aromatic rings. The van der Waals surface area contributed by atoms with Gasteiger partial charge in [-0.1, -0.05) is 37.8 Å². The molecule has 0 radical (unpaired) electrons. The fourth-order valence-corrected chi connectivity index (χ4v) is 4.17. The van der Waals surface area contributed by atoms with Gasteiger partial charge in [0.2, 0.25) is 10.0 Å². The molecule has 4 nitrogen and oxygen atoms in total. The Kier molecular flexibility index (Phi) is 5.43. The standard InChI is InChI=1S/C15H24N2O2S/c1-16-14-10-4-5-11-15(14)20(18,19)17-12-6-9-13-7-2-3-8-13/h4-5,10-11,13,16-17H,2-3,6-9,12H2,1H3. The number of benzene rings is 1.